The summed E-state index contributed by atoms with van der Waals surface area (Å²) < 4.78 is 12.8. The van der Waals surface area contributed by atoms with E-state index < -0.39 is 5.97 Å². The van der Waals surface area contributed by atoms with Crippen molar-refractivity contribution in [1.82, 2.24) is 0 Å². The summed E-state index contributed by atoms with van der Waals surface area (Å²) in [5, 5.41) is 8.85. The van der Waals surface area contributed by atoms with Gasteiger partial charge in [0.2, 0.25) is 0 Å². The van der Waals surface area contributed by atoms with E-state index in [9.17, 15) is 9.18 Å². The topological polar surface area (TPSA) is 40.5 Å². The van der Waals surface area contributed by atoms with Gasteiger partial charge in [0.25, 0.3) is 0 Å². The molecule has 4 heteroatoms. The van der Waals surface area contributed by atoms with E-state index >= 15 is 0 Å². The maximum absolute atomic E-state index is 12.8. The highest BCUT2D eigenvalue weighted by atomic mass is 19.1. The van der Waals surface area contributed by atoms with Crippen molar-refractivity contribution >= 4 is 11.7 Å². The Labute approximate surface area is 101 Å². The smallest absolute Gasteiger partial charge is 0.323 e. The van der Waals surface area contributed by atoms with Gasteiger partial charge in [0, 0.05) is 12.2 Å². The molecule has 94 valence electrons. The van der Waals surface area contributed by atoms with Crippen molar-refractivity contribution in [3.63, 3.8) is 0 Å². The number of nitrogens with zero attached hydrogens (tertiary/aromatic N) is 1. The number of benzene rings is 1. The van der Waals surface area contributed by atoms with Gasteiger partial charge in [-0.3, -0.25) is 4.79 Å². The minimum absolute atomic E-state index is 0.0572. The van der Waals surface area contributed by atoms with Crippen LogP contribution in [0.5, 0.6) is 0 Å². The molecule has 1 aromatic carbocycles. The van der Waals surface area contributed by atoms with Crippen LogP contribution in [0.4, 0.5) is 10.1 Å². The van der Waals surface area contributed by atoms with Gasteiger partial charge in [-0.25, -0.2) is 4.39 Å². The SMILES string of the molecule is CC(C)CCN(CC(=O)O)c1ccc(F)cc1. The summed E-state index contributed by atoms with van der Waals surface area (Å²) in [5.74, 6) is -0.683. The van der Waals surface area contributed by atoms with Crippen molar-refractivity contribution in [2.75, 3.05) is 18.0 Å². The molecule has 17 heavy (non-hydrogen) atoms. The van der Waals surface area contributed by atoms with E-state index in [1.165, 1.54) is 12.1 Å². The van der Waals surface area contributed by atoms with E-state index in [0.717, 1.165) is 12.1 Å². The lowest BCUT2D eigenvalue weighted by molar-refractivity contribution is -0.135. The number of anilines is 1. The lowest BCUT2D eigenvalue weighted by Gasteiger charge is -2.23. The van der Waals surface area contributed by atoms with Gasteiger partial charge in [-0.1, -0.05) is 13.8 Å². The second kappa shape index (κ2) is 6.23. The van der Waals surface area contributed by atoms with Crippen LogP contribution in [0.2, 0.25) is 0 Å². The summed E-state index contributed by atoms with van der Waals surface area (Å²) >= 11 is 0. The Morgan fingerprint density at radius 1 is 1.35 bits per heavy atom. The molecule has 0 fully saturated rings. The first-order chi connectivity index (χ1) is 7.99. The molecular formula is C13H18FNO2. The first-order valence-electron chi connectivity index (χ1n) is 5.71. The molecule has 0 saturated carbocycles. The van der Waals surface area contributed by atoms with Gasteiger partial charge < -0.3 is 10.0 Å². The average molecular weight is 239 g/mol. The molecule has 0 bridgehead atoms. The molecule has 0 unspecified atom stereocenters. The highest BCUT2D eigenvalue weighted by Crippen LogP contribution is 2.16. The third-order valence-electron chi connectivity index (χ3n) is 2.49. The van der Waals surface area contributed by atoms with E-state index in [4.69, 9.17) is 5.11 Å². The van der Waals surface area contributed by atoms with E-state index in [2.05, 4.69) is 13.8 Å². The Balaban J connectivity index is 2.74. The Bertz CT molecular complexity index is 362. The van der Waals surface area contributed by atoms with Crippen molar-refractivity contribution in [3.8, 4) is 0 Å². The van der Waals surface area contributed by atoms with Crippen molar-refractivity contribution in [1.29, 1.82) is 0 Å². The Morgan fingerprint density at radius 3 is 2.41 bits per heavy atom. The van der Waals surface area contributed by atoms with Gasteiger partial charge in [0.1, 0.15) is 12.4 Å². The van der Waals surface area contributed by atoms with Crippen molar-refractivity contribution < 1.29 is 14.3 Å². The predicted molar refractivity (Wildman–Crippen MR) is 65.7 cm³/mol. The maximum Gasteiger partial charge on any atom is 0.323 e. The summed E-state index contributed by atoms with van der Waals surface area (Å²) in [4.78, 5) is 12.5. The molecule has 1 aromatic rings. The third kappa shape index (κ3) is 4.85. The number of rotatable bonds is 6. The van der Waals surface area contributed by atoms with E-state index in [0.29, 0.717) is 12.5 Å². The highest BCUT2D eigenvalue weighted by Gasteiger charge is 2.11. The molecular weight excluding hydrogens is 221 g/mol. The van der Waals surface area contributed by atoms with E-state index in [1.54, 1.807) is 17.0 Å². The largest absolute Gasteiger partial charge is 0.480 e. The standard InChI is InChI=1S/C13H18FNO2/c1-10(2)7-8-15(9-13(16)17)12-5-3-11(14)4-6-12/h3-6,10H,7-9H2,1-2H3,(H,16,17). The zero-order valence-electron chi connectivity index (χ0n) is 10.2. The van der Waals surface area contributed by atoms with Crippen molar-refractivity contribution in [3.05, 3.63) is 30.1 Å². The van der Waals surface area contributed by atoms with Crippen molar-refractivity contribution in [2.45, 2.75) is 20.3 Å². The molecule has 0 radical (unpaired) electrons. The number of hydrogen-bond donors (Lipinski definition) is 1. The number of halogens is 1. The molecule has 0 aliphatic rings. The fraction of sp³-hybridized carbons (Fsp3) is 0.462. The second-order valence-electron chi connectivity index (χ2n) is 4.47. The molecule has 0 heterocycles. The number of aliphatic carboxylic acids is 1. The molecule has 0 aromatic heterocycles. The van der Waals surface area contributed by atoms with Crippen LogP contribution >= 0.6 is 0 Å². The molecule has 0 amide bonds. The summed E-state index contributed by atoms with van der Waals surface area (Å²) in [6, 6.07) is 5.91. The van der Waals surface area contributed by atoms with Crippen LogP contribution in [-0.4, -0.2) is 24.2 Å². The molecule has 0 aliphatic carbocycles. The monoisotopic (exact) mass is 239 g/mol. The van der Waals surface area contributed by atoms with Gasteiger partial charge in [-0.05, 0) is 36.6 Å². The zero-order chi connectivity index (χ0) is 12.8. The zero-order valence-corrected chi connectivity index (χ0v) is 10.2. The normalized spacial score (nSPS) is 10.6. The van der Waals surface area contributed by atoms with Gasteiger partial charge >= 0.3 is 5.97 Å². The number of hydrogen-bond acceptors (Lipinski definition) is 2. The average Bonchev–Trinajstić information content (AvgIpc) is 2.25. The van der Waals surface area contributed by atoms with Crippen molar-refractivity contribution in [2.24, 2.45) is 5.92 Å². The molecule has 0 saturated heterocycles. The molecule has 0 aliphatic heterocycles. The van der Waals surface area contributed by atoms with E-state index in [1.807, 2.05) is 0 Å². The van der Waals surface area contributed by atoms with Crippen LogP contribution in [0.15, 0.2) is 24.3 Å². The number of carboxylic acid groups (broad SMARTS) is 1. The summed E-state index contributed by atoms with van der Waals surface area (Å²) in [5.41, 5.74) is 0.745. The number of carbonyl (C=O) groups is 1. The highest BCUT2D eigenvalue weighted by molar-refractivity contribution is 5.73. The molecule has 1 rings (SSSR count). The summed E-state index contributed by atoms with van der Waals surface area (Å²) in [7, 11) is 0. The predicted octanol–water partition coefficient (Wildman–Crippen LogP) is 2.76. The molecule has 3 nitrogen and oxygen atoms in total. The summed E-state index contributed by atoms with van der Waals surface area (Å²) in [6.07, 6.45) is 0.907. The summed E-state index contributed by atoms with van der Waals surface area (Å²) in [6.45, 7) is 4.78. The van der Waals surface area contributed by atoms with Crippen LogP contribution in [0, 0.1) is 11.7 Å². The Kier molecular flexibility index (Phi) is 4.94. The van der Waals surface area contributed by atoms with Crippen LogP contribution < -0.4 is 4.90 Å². The lowest BCUT2D eigenvalue weighted by Crippen LogP contribution is -2.31. The van der Waals surface area contributed by atoms with E-state index in [-0.39, 0.29) is 12.4 Å². The van der Waals surface area contributed by atoms with Gasteiger partial charge in [-0.15, -0.1) is 0 Å². The fourth-order valence-electron chi connectivity index (χ4n) is 1.53. The maximum atomic E-state index is 12.8. The molecule has 0 atom stereocenters. The van der Waals surface area contributed by atoms with Gasteiger partial charge in [0.05, 0.1) is 0 Å². The van der Waals surface area contributed by atoms with Gasteiger partial charge in [0.15, 0.2) is 0 Å². The third-order valence-corrected chi connectivity index (χ3v) is 2.49. The molecule has 1 N–H and O–H groups in total. The van der Waals surface area contributed by atoms with Crippen LogP contribution in [0.3, 0.4) is 0 Å². The second-order valence-corrected chi connectivity index (χ2v) is 4.47. The van der Waals surface area contributed by atoms with Crippen LogP contribution in [-0.2, 0) is 4.79 Å². The van der Waals surface area contributed by atoms with Crippen LogP contribution in [0.1, 0.15) is 20.3 Å². The fourth-order valence-corrected chi connectivity index (χ4v) is 1.53. The first-order valence-corrected chi connectivity index (χ1v) is 5.71. The minimum atomic E-state index is -0.877. The lowest BCUT2D eigenvalue weighted by atomic mass is 10.1. The Hall–Kier alpha value is -1.58. The number of carboxylic acids is 1. The first kappa shape index (κ1) is 13.5. The Morgan fingerprint density at radius 2 is 1.94 bits per heavy atom. The minimum Gasteiger partial charge on any atom is -0.480 e. The van der Waals surface area contributed by atoms with Crippen LogP contribution in [0.25, 0.3) is 0 Å². The quantitative estimate of drug-likeness (QED) is 0.829. The molecule has 0 spiro atoms. The van der Waals surface area contributed by atoms with Gasteiger partial charge in [-0.2, -0.15) is 0 Å².